The first-order valence-electron chi connectivity index (χ1n) is 8.37. The zero-order valence-electron chi connectivity index (χ0n) is 14.4. The molecular weight excluding hydrogens is 430 g/mol. The number of hydrogen-bond donors (Lipinski definition) is 2. The highest BCUT2D eigenvalue weighted by atomic mass is 79.9. The Morgan fingerprint density at radius 3 is 2.67 bits per heavy atom. The lowest BCUT2D eigenvalue weighted by molar-refractivity contribution is -0.113. The van der Waals surface area contributed by atoms with Crippen LogP contribution in [-0.2, 0) is 11.3 Å². The van der Waals surface area contributed by atoms with Gasteiger partial charge in [-0.2, -0.15) is 0 Å². The number of hydrogen-bond acceptors (Lipinski definition) is 5. The minimum Gasteiger partial charge on any atom is -0.396 e. The number of anilines is 1. The molecule has 0 atom stereocenters. The van der Waals surface area contributed by atoms with Gasteiger partial charge >= 0.3 is 0 Å². The summed E-state index contributed by atoms with van der Waals surface area (Å²) in [6.07, 6.45) is 0.443. The van der Waals surface area contributed by atoms with Gasteiger partial charge in [0.1, 0.15) is 0 Å². The summed E-state index contributed by atoms with van der Waals surface area (Å²) in [5, 5.41) is 12.9. The molecule has 1 amide bonds. The number of nitrogens with one attached hydrogen (secondary N) is 1. The molecule has 0 spiro atoms. The minimum atomic E-state index is -0.182. The van der Waals surface area contributed by atoms with Crippen LogP contribution in [0.25, 0.3) is 10.9 Å². The standard InChI is InChI=1S/C19H18BrN3O3S/c20-13-6-8-14(9-7-13)21-17(25)12-27-19-22-16-5-2-1-4-15(16)18(26)23(19)10-3-11-24/h1-2,4-9,24H,3,10-12H2,(H,21,25). The molecule has 3 rings (SSSR count). The molecular formula is C19H18BrN3O3S. The van der Waals surface area contributed by atoms with Gasteiger partial charge < -0.3 is 10.4 Å². The van der Waals surface area contributed by atoms with E-state index < -0.39 is 0 Å². The van der Waals surface area contributed by atoms with Crippen molar-refractivity contribution in [3.8, 4) is 0 Å². The average molecular weight is 448 g/mol. The third-order valence-electron chi connectivity index (χ3n) is 3.83. The SMILES string of the molecule is O=C(CSc1nc2ccccc2c(=O)n1CCCO)Nc1ccc(Br)cc1. The van der Waals surface area contributed by atoms with Gasteiger partial charge in [-0.1, -0.05) is 39.8 Å². The summed E-state index contributed by atoms with van der Waals surface area (Å²) in [5.41, 5.74) is 1.14. The second kappa shape index (κ2) is 9.16. The Morgan fingerprint density at radius 2 is 1.93 bits per heavy atom. The van der Waals surface area contributed by atoms with Crippen LogP contribution in [0.3, 0.4) is 0 Å². The lowest BCUT2D eigenvalue weighted by Gasteiger charge is -2.12. The number of halogens is 1. The molecule has 0 aliphatic rings. The summed E-state index contributed by atoms with van der Waals surface area (Å²) < 4.78 is 2.46. The molecule has 8 heteroatoms. The molecule has 0 unspecified atom stereocenters. The van der Waals surface area contributed by atoms with Crippen molar-refractivity contribution in [3.05, 3.63) is 63.4 Å². The van der Waals surface area contributed by atoms with E-state index in [1.807, 2.05) is 18.2 Å². The van der Waals surface area contributed by atoms with Crippen LogP contribution in [0.4, 0.5) is 5.69 Å². The van der Waals surface area contributed by atoms with E-state index in [-0.39, 0.29) is 23.8 Å². The molecule has 0 bridgehead atoms. The van der Waals surface area contributed by atoms with Crippen molar-refractivity contribution in [2.45, 2.75) is 18.1 Å². The first-order valence-corrected chi connectivity index (χ1v) is 10.1. The van der Waals surface area contributed by atoms with E-state index in [2.05, 4.69) is 26.2 Å². The molecule has 0 saturated heterocycles. The fourth-order valence-corrected chi connectivity index (χ4v) is 3.63. The van der Waals surface area contributed by atoms with Crippen LogP contribution < -0.4 is 10.9 Å². The van der Waals surface area contributed by atoms with Crippen LogP contribution >= 0.6 is 27.7 Å². The predicted molar refractivity (Wildman–Crippen MR) is 111 cm³/mol. The number of amides is 1. The van der Waals surface area contributed by atoms with Crippen molar-refractivity contribution < 1.29 is 9.90 Å². The third kappa shape index (κ3) is 4.97. The Bertz CT molecular complexity index is 1010. The minimum absolute atomic E-state index is 0.0204. The highest BCUT2D eigenvalue weighted by molar-refractivity contribution is 9.10. The number of carbonyl (C=O) groups excluding carboxylic acids is 1. The van der Waals surface area contributed by atoms with Gasteiger partial charge in [-0.05, 0) is 42.8 Å². The van der Waals surface area contributed by atoms with E-state index in [1.54, 1.807) is 30.3 Å². The second-order valence-electron chi connectivity index (χ2n) is 5.79. The summed E-state index contributed by atoms with van der Waals surface area (Å²) in [4.78, 5) is 29.5. The Morgan fingerprint density at radius 1 is 1.19 bits per heavy atom. The first-order chi connectivity index (χ1) is 13.1. The maximum atomic E-state index is 12.7. The van der Waals surface area contributed by atoms with Crippen LogP contribution in [0.1, 0.15) is 6.42 Å². The van der Waals surface area contributed by atoms with Gasteiger partial charge in [0.15, 0.2) is 5.16 Å². The Kier molecular flexibility index (Phi) is 6.65. The number of para-hydroxylation sites is 1. The van der Waals surface area contributed by atoms with Crippen LogP contribution in [-0.4, -0.2) is 32.9 Å². The van der Waals surface area contributed by atoms with Crippen molar-refractivity contribution in [2.24, 2.45) is 0 Å². The smallest absolute Gasteiger partial charge is 0.262 e. The summed E-state index contributed by atoms with van der Waals surface area (Å²) in [6.45, 7) is 0.331. The summed E-state index contributed by atoms with van der Waals surface area (Å²) in [5.74, 6) is -0.0570. The van der Waals surface area contributed by atoms with E-state index >= 15 is 0 Å². The molecule has 0 radical (unpaired) electrons. The molecule has 6 nitrogen and oxygen atoms in total. The van der Waals surface area contributed by atoms with E-state index in [4.69, 9.17) is 5.11 Å². The van der Waals surface area contributed by atoms with Crippen LogP contribution in [0, 0.1) is 0 Å². The van der Waals surface area contributed by atoms with Crippen molar-refractivity contribution in [3.63, 3.8) is 0 Å². The van der Waals surface area contributed by atoms with Crippen LogP contribution in [0.5, 0.6) is 0 Å². The van der Waals surface area contributed by atoms with Crippen molar-refractivity contribution in [2.75, 3.05) is 17.7 Å². The third-order valence-corrected chi connectivity index (χ3v) is 5.33. The number of nitrogens with zero attached hydrogens (tertiary/aromatic N) is 2. The monoisotopic (exact) mass is 447 g/mol. The number of thioether (sulfide) groups is 1. The van der Waals surface area contributed by atoms with E-state index in [0.29, 0.717) is 34.7 Å². The average Bonchev–Trinajstić information content (AvgIpc) is 2.68. The number of fused-ring (bicyclic) bond motifs is 1. The van der Waals surface area contributed by atoms with Gasteiger partial charge in [-0.3, -0.25) is 14.2 Å². The van der Waals surface area contributed by atoms with Gasteiger partial charge in [0.05, 0.1) is 16.7 Å². The zero-order valence-corrected chi connectivity index (χ0v) is 16.8. The van der Waals surface area contributed by atoms with E-state index in [0.717, 1.165) is 4.47 Å². The zero-order chi connectivity index (χ0) is 19.2. The first kappa shape index (κ1) is 19.6. The highest BCUT2D eigenvalue weighted by Crippen LogP contribution is 2.19. The molecule has 0 aliphatic heterocycles. The molecule has 3 aromatic rings. The van der Waals surface area contributed by atoms with Gasteiger partial charge in [0.25, 0.3) is 5.56 Å². The molecule has 1 aromatic heterocycles. The fraction of sp³-hybridized carbons (Fsp3) is 0.211. The van der Waals surface area contributed by atoms with Crippen molar-refractivity contribution in [1.29, 1.82) is 0 Å². The summed E-state index contributed by atoms with van der Waals surface area (Å²) in [6, 6.07) is 14.4. The van der Waals surface area contributed by atoms with E-state index in [1.165, 1.54) is 16.3 Å². The molecule has 0 saturated carbocycles. The van der Waals surface area contributed by atoms with Gasteiger partial charge in [-0.25, -0.2) is 4.98 Å². The van der Waals surface area contributed by atoms with Crippen LogP contribution in [0.15, 0.2) is 63.0 Å². The number of benzene rings is 2. The lowest BCUT2D eigenvalue weighted by atomic mass is 10.2. The van der Waals surface area contributed by atoms with Crippen LogP contribution in [0.2, 0.25) is 0 Å². The van der Waals surface area contributed by atoms with Crippen molar-refractivity contribution in [1.82, 2.24) is 9.55 Å². The maximum absolute atomic E-state index is 12.7. The molecule has 27 heavy (non-hydrogen) atoms. The molecule has 140 valence electrons. The Balaban J connectivity index is 1.79. The Labute approximate surface area is 168 Å². The van der Waals surface area contributed by atoms with Gasteiger partial charge in [0, 0.05) is 23.3 Å². The number of carbonyl (C=O) groups is 1. The molecule has 0 aliphatic carbocycles. The molecule has 2 aromatic carbocycles. The fourth-order valence-electron chi connectivity index (χ4n) is 2.54. The normalized spacial score (nSPS) is 10.9. The largest absolute Gasteiger partial charge is 0.396 e. The predicted octanol–water partition coefficient (Wildman–Crippen LogP) is 3.27. The molecule has 0 fully saturated rings. The summed E-state index contributed by atoms with van der Waals surface area (Å²) in [7, 11) is 0. The maximum Gasteiger partial charge on any atom is 0.262 e. The number of rotatable bonds is 7. The highest BCUT2D eigenvalue weighted by Gasteiger charge is 2.13. The van der Waals surface area contributed by atoms with E-state index in [9.17, 15) is 9.59 Å². The van der Waals surface area contributed by atoms with Crippen molar-refractivity contribution >= 4 is 50.2 Å². The molecule has 1 heterocycles. The number of aliphatic hydroxyl groups is 1. The summed E-state index contributed by atoms with van der Waals surface area (Å²) >= 11 is 4.56. The topological polar surface area (TPSA) is 84.2 Å². The quantitative estimate of drug-likeness (QED) is 0.428. The lowest BCUT2D eigenvalue weighted by Crippen LogP contribution is -2.24. The molecule has 2 N–H and O–H groups in total. The second-order valence-corrected chi connectivity index (χ2v) is 7.65. The van der Waals surface area contributed by atoms with Gasteiger partial charge in [0.2, 0.25) is 5.91 Å². The number of aliphatic hydroxyl groups excluding tert-OH is 1. The Hall–Kier alpha value is -2.16. The number of aromatic nitrogens is 2. The van der Waals surface area contributed by atoms with Gasteiger partial charge in [-0.15, -0.1) is 0 Å².